The molecule has 1 fully saturated rings. The Morgan fingerprint density at radius 2 is 2.17 bits per heavy atom. The molecule has 0 saturated carbocycles. The number of hydrogen-bond donors (Lipinski definition) is 0. The van der Waals surface area contributed by atoms with E-state index in [0.717, 1.165) is 6.26 Å². The Labute approximate surface area is 133 Å². The number of rotatable bonds is 5. The summed E-state index contributed by atoms with van der Waals surface area (Å²) in [5.41, 5.74) is 1.47. The van der Waals surface area contributed by atoms with Gasteiger partial charge in [0.2, 0.25) is 0 Å². The molecule has 9 heteroatoms. The predicted molar refractivity (Wildman–Crippen MR) is 81.9 cm³/mol. The summed E-state index contributed by atoms with van der Waals surface area (Å²) in [6.07, 6.45) is 0.626. The molecule has 0 aliphatic carbocycles. The van der Waals surface area contributed by atoms with Crippen LogP contribution in [0.2, 0.25) is 0 Å². The van der Waals surface area contributed by atoms with Crippen LogP contribution in [-0.2, 0) is 19.0 Å². The number of esters is 1. The van der Waals surface area contributed by atoms with E-state index in [-0.39, 0.29) is 0 Å². The zero-order valence-corrected chi connectivity index (χ0v) is 13.5. The van der Waals surface area contributed by atoms with Gasteiger partial charge in [0.05, 0.1) is 31.5 Å². The molecule has 0 amide bonds. The van der Waals surface area contributed by atoms with Crippen molar-refractivity contribution in [3.63, 3.8) is 0 Å². The van der Waals surface area contributed by atoms with E-state index in [0.29, 0.717) is 42.4 Å². The number of ether oxygens (including phenoxy) is 1. The minimum atomic E-state index is -3.46. The highest BCUT2D eigenvalue weighted by Gasteiger charge is 2.33. The predicted octanol–water partition coefficient (Wildman–Crippen LogP) is 1.17. The second-order valence-corrected chi connectivity index (χ2v) is 6.83. The van der Waals surface area contributed by atoms with E-state index in [1.165, 1.54) is 0 Å². The van der Waals surface area contributed by atoms with Gasteiger partial charge in [-0.3, -0.25) is 4.18 Å². The van der Waals surface area contributed by atoms with Gasteiger partial charge < -0.3 is 14.1 Å². The van der Waals surface area contributed by atoms with E-state index in [4.69, 9.17) is 13.3 Å². The average Bonchev–Trinajstić information content (AvgIpc) is 2.83. The van der Waals surface area contributed by atoms with Crippen molar-refractivity contribution in [1.82, 2.24) is 4.98 Å². The van der Waals surface area contributed by atoms with Gasteiger partial charge in [0.1, 0.15) is 11.6 Å². The quantitative estimate of drug-likeness (QED) is 0.591. The van der Waals surface area contributed by atoms with Crippen molar-refractivity contribution in [3.8, 4) is 0 Å². The Morgan fingerprint density at radius 1 is 1.43 bits per heavy atom. The molecule has 1 aliphatic heterocycles. The lowest BCUT2D eigenvalue weighted by molar-refractivity contribution is 0.0526. The minimum absolute atomic E-state index is 0.300. The lowest BCUT2D eigenvalue weighted by Gasteiger charge is -2.36. The van der Waals surface area contributed by atoms with E-state index in [1.54, 1.807) is 30.0 Å². The van der Waals surface area contributed by atoms with Crippen molar-refractivity contribution in [2.45, 2.75) is 13.0 Å². The smallest absolute Gasteiger partial charge is 0.338 e. The average molecular weight is 340 g/mol. The highest BCUT2D eigenvalue weighted by Crippen LogP contribution is 2.27. The number of fused-ring (bicyclic) bond motifs is 1. The van der Waals surface area contributed by atoms with Crippen LogP contribution in [-0.4, -0.2) is 51.4 Å². The third-order valence-corrected chi connectivity index (χ3v) is 3.94. The van der Waals surface area contributed by atoms with Crippen molar-refractivity contribution in [1.29, 1.82) is 0 Å². The first-order chi connectivity index (χ1) is 10.9. The van der Waals surface area contributed by atoms with Gasteiger partial charge in [-0.2, -0.15) is 13.4 Å². The summed E-state index contributed by atoms with van der Waals surface area (Å²) in [6, 6.07) is 5.25. The molecule has 0 bridgehead atoms. The first-order valence-electron chi connectivity index (χ1n) is 7.06. The summed E-state index contributed by atoms with van der Waals surface area (Å²) in [5.74, 6) is -0.419. The second-order valence-electron chi connectivity index (χ2n) is 5.23. The van der Waals surface area contributed by atoms with Gasteiger partial charge in [-0.05, 0) is 25.1 Å². The first-order valence-corrected chi connectivity index (χ1v) is 8.88. The standard InChI is InChI=1S/C14H16N2O6S/c1-3-20-13(17)9-4-5-11-12(6-9)21-14(15-11)16-7-10(8-16)22-23(2,18)19/h4-6,10H,3,7-8H2,1-2H3. The number of carbonyl (C=O) groups excluding carboxylic acids is 1. The van der Waals surface area contributed by atoms with Crippen molar-refractivity contribution in [2.75, 3.05) is 30.9 Å². The van der Waals surface area contributed by atoms with E-state index in [1.807, 2.05) is 0 Å². The molecule has 23 heavy (non-hydrogen) atoms. The maximum absolute atomic E-state index is 11.7. The summed E-state index contributed by atoms with van der Waals surface area (Å²) < 4.78 is 37.5. The molecule has 0 atom stereocenters. The highest BCUT2D eigenvalue weighted by molar-refractivity contribution is 7.86. The number of nitrogens with zero attached hydrogens (tertiary/aromatic N) is 2. The molecule has 3 rings (SSSR count). The highest BCUT2D eigenvalue weighted by atomic mass is 32.2. The molecule has 0 N–H and O–H groups in total. The van der Waals surface area contributed by atoms with Gasteiger partial charge in [-0.15, -0.1) is 0 Å². The van der Waals surface area contributed by atoms with Crippen LogP contribution < -0.4 is 4.90 Å². The largest absolute Gasteiger partial charge is 0.462 e. The molecule has 8 nitrogen and oxygen atoms in total. The van der Waals surface area contributed by atoms with Gasteiger partial charge in [0.25, 0.3) is 16.1 Å². The van der Waals surface area contributed by atoms with Crippen molar-refractivity contribution in [2.24, 2.45) is 0 Å². The summed E-state index contributed by atoms with van der Waals surface area (Å²) in [7, 11) is -3.46. The van der Waals surface area contributed by atoms with E-state index >= 15 is 0 Å². The molecular weight excluding hydrogens is 324 g/mol. The Bertz CT molecular complexity index is 838. The van der Waals surface area contributed by atoms with Crippen molar-refractivity contribution < 1.29 is 26.5 Å². The summed E-state index contributed by atoms with van der Waals surface area (Å²) >= 11 is 0. The normalized spacial score (nSPS) is 15.7. The molecule has 0 unspecified atom stereocenters. The number of benzene rings is 1. The van der Waals surface area contributed by atoms with Crippen LogP contribution in [0.3, 0.4) is 0 Å². The van der Waals surface area contributed by atoms with E-state index in [2.05, 4.69) is 4.98 Å². The fraction of sp³-hybridized carbons (Fsp3) is 0.429. The number of aromatic nitrogens is 1. The molecular formula is C14H16N2O6S. The van der Waals surface area contributed by atoms with Gasteiger partial charge in [0.15, 0.2) is 5.58 Å². The van der Waals surface area contributed by atoms with Gasteiger partial charge in [-0.25, -0.2) is 4.79 Å². The van der Waals surface area contributed by atoms with Crippen LogP contribution in [0.5, 0.6) is 0 Å². The third kappa shape index (κ3) is 3.45. The molecule has 1 aromatic carbocycles. The molecule has 0 spiro atoms. The van der Waals surface area contributed by atoms with Crippen LogP contribution in [0, 0.1) is 0 Å². The van der Waals surface area contributed by atoms with Crippen LogP contribution >= 0.6 is 0 Å². The zero-order chi connectivity index (χ0) is 16.6. The van der Waals surface area contributed by atoms with Crippen LogP contribution in [0.4, 0.5) is 6.01 Å². The minimum Gasteiger partial charge on any atom is -0.462 e. The zero-order valence-electron chi connectivity index (χ0n) is 12.7. The SMILES string of the molecule is CCOC(=O)c1ccc2nc(N3CC(OS(C)(=O)=O)C3)oc2c1. The Morgan fingerprint density at radius 3 is 2.83 bits per heavy atom. The van der Waals surface area contributed by atoms with Crippen molar-refractivity contribution in [3.05, 3.63) is 23.8 Å². The molecule has 1 saturated heterocycles. The second kappa shape index (κ2) is 5.82. The van der Waals surface area contributed by atoms with E-state index < -0.39 is 22.2 Å². The molecule has 2 heterocycles. The molecule has 2 aromatic rings. The maximum atomic E-state index is 11.7. The lowest BCUT2D eigenvalue weighted by atomic mass is 10.2. The molecule has 0 radical (unpaired) electrons. The molecule has 124 valence electrons. The first kappa shape index (κ1) is 15.8. The van der Waals surface area contributed by atoms with Crippen LogP contribution in [0.25, 0.3) is 11.1 Å². The number of anilines is 1. The van der Waals surface area contributed by atoms with Crippen LogP contribution in [0.15, 0.2) is 22.6 Å². The van der Waals surface area contributed by atoms with Gasteiger partial charge in [0, 0.05) is 0 Å². The Balaban J connectivity index is 1.73. The van der Waals surface area contributed by atoms with Gasteiger partial charge in [-0.1, -0.05) is 0 Å². The third-order valence-electron chi connectivity index (χ3n) is 3.32. The lowest BCUT2D eigenvalue weighted by Crippen LogP contribution is -2.53. The topological polar surface area (TPSA) is 98.9 Å². The summed E-state index contributed by atoms with van der Waals surface area (Å²) in [4.78, 5) is 17.8. The monoisotopic (exact) mass is 340 g/mol. The van der Waals surface area contributed by atoms with Crippen LogP contribution in [0.1, 0.15) is 17.3 Å². The van der Waals surface area contributed by atoms with Crippen molar-refractivity contribution >= 4 is 33.2 Å². The Kier molecular flexibility index (Phi) is 3.99. The van der Waals surface area contributed by atoms with Gasteiger partial charge >= 0.3 is 5.97 Å². The number of carbonyl (C=O) groups is 1. The molecule has 1 aromatic heterocycles. The molecule has 1 aliphatic rings. The fourth-order valence-electron chi connectivity index (χ4n) is 2.29. The summed E-state index contributed by atoms with van der Waals surface area (Å²) in [5, 5.41) is 0. The summed E-state index contributed by atoms with van der Waals surface area (Å²) in [6.45, 7) is 2.80. The number of oxazole rings is 1. The maximum Gasteiger partial charge on any atom is 0.338 e. The Hall–Kier alpha value is -2.13. The number of hydrogen-bond acceptors (Lipinski definition) is 8. The van der Waals surface area contributed by atoms with E-state index in [9.17, 15) is 13.2 Å². The fourth-order valence-corrected chi connectivity index (χ4v) is 2.91.